The minimum absolute atomic E-state index is 0.138. The molecule has 0 radical (unpaired) electrons. The third-order valence-electron chi connectivity index (χ3n) is 2.53. The molecule has 0 bridgehead atoms. The molecule has 0 aliphatic carbocycles. The molecule has 1 heterocycles. The quantitative estimate of drug-likeness (QED) is 0.882. The Kier molecular flexibility index (Phi) is 4.76. The Hall–Kier alpha value is -1.59. The summed E-state index contributed by atoms with van der Waals surface area (Å²) in [5.74, 6) is 1.66. The van der Waals surface area contributed by atoms with Crippen LogP contribution >= 0.6 is 11.6 Å². The van der Waals surface area contributed by atoms with E-state index in [-0.39, 0.29) is 13.2 Å². The van der Waals surface area contributed by atoms with E-state index < -0.39 is 0 Å². The van der Waals surface area contributed by atoms with E-state index in [2.05, 4.69) is 10.1 Å². The fourth-order valence-corrected chi connectivity index (χ4v) is 1.82. The zero-order valence-electron chi connectivity index (χ0n) is 10.6. The van der Waals surface area contributed by atoms with Gasteiger partial charge in [0.2, 0.25) is 0 Å². The molecule has 5 nitrogen and oxygen atoms in total. The second kappa shape index (κ2) is 6.54. The molecule has 0 atom stereocenters. The molecule has 0 aliphatic heterocycles. The van der Waals surface area contributed by atoms with Gasteiger partial charge in [0.25, 0.3) is 5.89 Å². The fourth-order valence-electron chi connectivity index (χ4n) is 1.63. The molecule has 1 aromatic heterocycles. The first kappa shape index (κ1) is 13.8. The lowest BCUT2D eigenvalue weighted by atomic mass is 10.2. The first-order valence-electron chi connectivity index (χ1n) is 6.06. The number of hydrogen-bond acceptors (Lipinski definition) is 5. The van der Waals surface area contributed by atoms with Gasteiger partial charge in [-0.2, -0.15) is 4.98 Å². The molecule has 6 heteroatoms. The molecule has 1 N–H and O–H groups in total. The Bertz CT molecular complexity index is 542. The third kappa shape index (κ3) is 3.68. The summed E-state index contributed by atoms with van der Waals surface area (Å²) in [4.78, 5) is 4.20. The van der Waals surface area contributed by atoms with E-state index in [0.29, 0.717) is 28.1 Å². The molecule has 0 saturated carbocycles. The number of rotatable bonds is 6. The normalized spacial score (nSPS) is 10.7. The number of ether oxygens (including phenoxy) is 1. The van der Waals surface area contributed by atoms with E-state index in [1.54, 1.807) is 18.2 Å². The number of benzene rings is 1. The largest absolute Gasteiger partial charge is 0.483 e. The molecule has 1 aromatic carbocycles. The first-order valence-corrected chi connectivity index (χ1v) is 6.44. The van der Waals surface area contributed by atoms with Gasteiger partial charge in [-0.15, -0.1) is 0 Å². The van der Waals surface area contributed by atoms with Crippen LogP contribution < -0.4 is 4.74 Å². The summed E-state index contributed by atoms with van der Waals surface area (Å²) in [5, 5.41) is 13.6. The number of aliphatic hydroxyl groups is 1. The standard InChI is InChI=1S/C13H15ClN2O3/c1-2-3-12-15-13(19-16-12)8-18-11-5-4-10(14)6-9(11)7-17/h4-6,17H,2-3,7-8H2,1H3. The highest BCUT2D eigenvalue weighted by atomic mass is 35.5. The van der Waals surface area contributed by atoms with Crippen molar-refractivity contribution in [3.8, 4) is 5.75 Å². The van der Waals surface area contributed by atoms with Crippen molar-refractivity contribution >= 4 is 11.6 Å². The summed E-state index contributed by atoms with van der Waals surface area (Å²) in [5.41, 5.74) is 0.626. The number of aromatic nitrogens is 2. The zero-order valence-corrected chi connectivity index (χ0v) is 11.4. The second-order valence-electron chi connectivity index (χ2n) is 4.05. The van der Waals surface area contributed by atoms with Gasteiger partial charge < -0.3 is 14.4 Å². The van der Waals surface area contributed by atoms with Crippen LogP contribution in [0.1, 0.15) is 30.6 Å². The van der Waals surface area contributed by atoms with Crippen molar-refractivity contribution < 1.29 is 14.4 Å². The first-order chi connectivity index (χ1) is 9.22. The van der Waals surface area contributed by atoms with E-state index in [1.807, 2.05) is 6.92 Å². The van der Waals surface area contributed by atoms with Gasteiger partial charge in [0, 0.05) is 17.0 Å². The summed E-state index contributed by atoms with van der Waals surface area (Å²) in [6.45, 7) is 2.08. The van der Waals surface area contributed by atoms with Crippen molar-refractivity contribution in [2.75, 3.05) is 0 Å². The monoisotopic (exact) mass is 282 g/mol. The predicted molar refractivity (Wildman–Crippen MR) is 70.0 cm³/mol. The molecule has 0 unspecified atom stereocenters. The minimum Gasteiger partial charge on any atom is -0.483 e. The average Bonchev–Trinajstić information content (AvgIpc) is 2.85. The van der Waals surface area contributed by atoms with Crippen LogP contribution in [-0.2, 0) is 19.6 Å². The van der Waals surface area contributed by atoms with Crippen LogP contribution in [0.25, 0.3) is 0 Å². The van der Waals surface area contributed by atoms with Crippen LogP contribution in [-0.4, -0.2) is 15.2 Å². The Labute approximate surface area is 116 Å². The summed E-state index contributed by atoms with van der Waals surface area (Å²) in [7, 11) is 0. The van der Waals surface area contributed by atoms with Gasteiger partial charge in [0.15, 0.2) is 12.4 Å². The molecule has 2 aromatic rings. The number of nitrogens with zero attached hydrogens (tertiary/aromatic N) is 2. The number of hydrogen-bond donors (Lipinski definition) is 1. The molecule has 0 fully saturated rings. The van der Waals surface area contributed by atoms with E-state index in [0.717, 1.165) is 12.8 Å². The highest BCUT2D eigenvalue weighted by molar-refractivity contribution is 6.30. The topological polar surface area (TPSA) is 68.4 Å². The van der Waals surface area contributed by atoms with Gasteiger partial charge in [-0.05, 0) is 24.6 Å². The molecule has 2 rings (SSSR count). The van der Waals surface area contributed by atoms with Crippen LogP contribution in [0.3, 0.4) is 0 Å². The SMILES string of the molecule is CCCc1noc(COc2ccc(Cl)cc2CO)n1. The highest BCUT2D eigenvalue weighted by Gasteiger charge is 2.08. The Morgan fingerprint density at radius 3 is 3.00 bits per heavy atom. The lowest BCUT2D eigenvalue weighted by molar-refractivity contribution is 0.228. The maximum Gasteiger partial charge on any atom is 0.264 e. The Morgan fingerprint density at radius 2 is 2.26 bits per heavy atom. The maximum absolute atomic E-state index is 9.22. The van der Waals surface area contributed by atoms with Crippen LogP contribution in [0.4, 0.5) is 0 Å². The van der Waals surface area contributed by atoms with Crippen molar-refractivity contribution in [2.24, 2.45) is 0 Å². The number of aliphatic hydroxyl groups excluding tert-OH is 1. The summed E-state index contributed by atoms with van der Waals surface area (Å²) < 4.78 is 10.6. The molecule has 19 heavy (non-hydrogen) atoms. The average molecular weight is 283 g/mol. The summed E-state index contributed by atoms with van der Waals surface area (Å²) in [6.07, 6.45) is 1.75. The van der Waals surface area contributed by atoms with Crippen LogP contribution in [0.15, 0.2) is 22.7 Å². The van der Waals surface area contributed by atoms with Crippen molar-refractivity contribution in [2.45, 2.75) is 33.0 Å². The van der Waals surface area contributed by atoms with E-state index in [9.17, 15) is 5.11 Å². The van der Waals surface area contributed by atoms with E-state index in [1.165, 1.54) is 0 Å². The number of halogens is 1. The second-order valence-corrected chi connectivity index (χ2v) is 4.49. The van der Waals surface area contributed by atoms with Gasteiger partial charge in [-0.25, -0.2) is 0 Å². The van der Waals surface area contributed by atoms with Gasteiger partial charge in [0.1, 0.15) is 5.75 Å². The van der Waals surface area contributed by atoms with E-state index >= 15 is 0 Å². The lowest BCUT2D eigenvalue weighted by Gasteiger charge is -2.08. The maximum atomic E-state index is 9.22. The van der Waals surface area contributed by atoms with Crippen molar-refractivity contribution in [1.82, 2.24) is 10.1 Å². The molecule has 0 spiro atoms. The van der Waals surface area contributed by atoms with Crippen molar-refractivity contribution in [3.63, 3.8) is 0 Å². The Balaban J connectivity index is 2.01. The third-order valence-corrected chi connectivity index (χ3v) is 2.76. The molecular formula is C13H15ClN2O3. The van der Waals surface area contributed by atoms with Gasteiger partial charge in [-0.3, -0.25) is 0 Å². The van der Waals surface area contributed by atoms with E-state index in [4.69, 9.17) is 20.9 Å². The molecule has 0 saturated heterocycles. The predicted octanol–water partition coefficient (Wildman–Crippen LogP) is 2.75. The van der Waals surface area contributed by atoms with Gasteiger partial charge >= 0.3 is 0 Å². The summed E-state index contributed by atoms with van der Waals surface area (Å²) in [6, 6.07) is 5.07. The smallest absolute Gasteiger partial charge is 0.264 e. The van der Waals surface area contributed by atoms with Crippen molar-refractivity contribution in [1.29, 1.82) is 0 Å². The van der Waals surface area contributed by atoms with Crippen LogP contribution in [0.2, 0.25) is 5.02 Å². The lowest BCUT2D eigenvalue weighted by Crippen LogP contribution is -1.99. The molecule has 0 amide bonds. The van der Waals surface area contributed by atoms with Crippen molar-refractivity contribution in [3.05, 3.63) is 40.5 Å². The van der Waals surface area contributed by atoms with Crippen LogP contribution in [0.5, 0.6) is 5.75 Å². The zero-order chi connectivity index (χ0) is 13.7. The molecule has 0 aliphatic rings. The number of aryl methyl sites for hydroxylation is 1. The van der Waals surface area contributed by atoms with Crippen LogP contribution in [0, 0.1) is 0 Å². The highest BCUT2D eigenvalue weighted by Crippen LogP contribution is 2.23. The summed E-state index contributed by atoms with van der Waals surface area (Å²) >= 11 is 5.84. The molecular weight excluding hydrogens is 268 g/mol. The molecule has 102 valence electrons. The minimum atomic E-state index is -0.138. The Morgan fingerprint density at radius 1 is 1.42 bits per heavy atom. The van der Waals surface area contributed by atoms with Gasteiger partial charge in [0.05, 0.1) is 6.61 Å². The van der Waals surface area contributed by atoms with Gasteiger partial charge in [-0.1, -0.05) is 23.7 Å². The fraction of sp³-hybridized carbons (Fsp3) is 0.385.